The van der Waals surface area contributed by atoms with Gasteiger partial charge in [-0.1, -0.05) is 12.1 Å². The number of hydrogen-bond acceptors (Lipinski definition) is 5. The number of fused-ring (bicyclic) bond motifs is 1. The highest BCUT2D eigenvalue weighted by Gasteiger charge is 2.26. The molecule has 1 aliphatic rings. The predicted octanol–water partition coefficient (Wildman–Crippen LogP) is 3.27. The third kappa shape index (κ3) is 3.49. The van der Waals surface area contributed by atoms with Gasteiger partial charge in [-0.3, -0.25) is 9.78 Å². The van der Waals surface area contributed by atoms with Gasteiger partial charge in [0.2, 0.25) is 6.10 Å². The van der Waals surface area contributed by atoms with E-state index in [9.17, 15) is 4.79 Å². The van der Waals surface area contributed by atoms with E-state index < -0.39 is 6.10 Å². The number of thiophene rings is 1. The second-order valence-corrected chi connectivity index (χ2v) is 6.42. The molecule has 0 aliphatic carbocycles. The third-order valence-corrected chi connectivity index (χ3v) is 4.59. The fourth-order valence-corrected chi connectivity index (χ4v) is 3.25. The lowest BCUT2D eigenvalue weighted by molar-refractivity contribution is -0.130. The highest BCUT2D eigenvalue weighted by molar-refractivity contribution is 7.08. The zero-order valence-electron chi connectivity index (χ0n) is 13.3. The lowest BCUT2D eigenvalue weighted by atomic mass is 10.1. The Hall–Kier alpha value is -2.86. The molecule has 126 valence electrons. The Morgan fingerprint density at radius 1 is 1.24 bits per heavy atom. The van der Waals surface area contributed by atoms with E-state index in [-0.39, 0.29) is 12.5 Å². The number of pyridine rings is 1. The number of ether oxygens (including phenoxy) is 2. The van der Waals surface area contributed by atoms with Crippen molar-refractivity contribution in [1.29, 1.82) is 0 Å². The number of carbonyl (C=O) groups excluding carboxylic acids is 1. The molecule has 1 atom stereocenters. The number of nitrogens with one attached hydrogen (secondary N) is 1. The molecule has 0 bridgehead atoms. The predicted molar refractivity (Wildman–Crippen MR) is 95.7 cm³/mol. The van der Waals surface area contributed by atoms with E-state index >= 15 is 0 Å². The number of amides is 1. The standard InChI is InChI=1S/C19H16N2O3S/c22-19(18-11-23-16-3-1-2-4-17(16)24-18)21-10-13-5-7-20-15(9-13)14-6-8-25-12-14/h1-9,12,18H,10-11H2,(H,21,22)/t18-/m0/s1. The maximum atomic E-state index is 12.4. The molecular formula is C19H16N2O3S. The van der Waals surface area contributed by atoms with Crippen LogP contribution in [-0.2, 0) is 11.3 Å². The summed E-state index contributed by atoms with van der Waals surface area (Å²) >= 11 is 1.63. The first-order chi connectivity index (χ1) is 12.3. The smallest absolute Gasteiger partial charge is 0.264 e. The van der Waals surface area contributed by atoms with Gasteiger partial charge in [0.15, 0.2) is 11.5 Å². The Bertz CT molecular complexity index is 880. The zero-order chi connectivity index (χ0) is 17.1. The molecule has 3 aromatic rings. The van der Waals surface area contributed by atoms with E-state index in [0.29, 0.717) is 18.0 Å². The van der Waals surface area contributed by atoms with Gasteiger partial charge in [-0.05, 0) is 41.3 Å². The number of aromatic nitrogens is 1. The van der Waals surface area contributed by atoms with Crippen LogP contribution in [0.25, 0.3) is 11.3 Å². The van der Waals surface area contributed by atoms with Crippen LogP contribution in [0.2, 0.25) is 0 Å². The number of rotatable bonds is 4. The monoisotopic (exact) mass is 352 g/mol. The van der Waals surface area contributed by atoms with Crippen molar-refractivity contribution < 1.29 is 14.3 Å². The molecule has 0 unspecified atom stereocenters. The van der Waals surface area contributed by atoms with Gasteiger partial charge in [0.05, 0.1) is 5.69 Å². The summed E-state index contributed by atoms with van der Waals surface area (Å²) in [5.74, 6) is 1.07. The molecule has 4 rings (SSSR count). The van der Waals surface area contributed by atoms with Crippen LogP contribution in [0.5, 0.6) is 11.5 Å². The molecule has 0 saturated carbocycles. The number of para-hydroxylation sites is 2. The topological polar surface area (TPSA) is 60.5 Å². The van der Waals surface area contributed by atoms with E-state index in [2.05, 4.69) is 15.7 Å². The summed E-state index contributed by atoms with van der Waals surface area (Å²) in [7, 11) is 0. The first-order valence-electron chi connectivity index (χ1n) is 7.93. The first-order valence-corrected chi connectivity index (χ1v) is 8.87. The summed E-state index contributed by atoms with van der Waals surface area (Å²) in [4.78, 5) is 16.7. The minimum absolute atomic E-state index is 0.191. The molecule has 1 aromatic carbocycles. The second-order valence-electron chi connectivity index (χ2n) is 5.64. The van der Waals surface area contributed by atoms with Gasteiger partial charge in [0, 0.05) is 23.7 Å². The molecule has 1 aliphatic heterocycles. The largest absolute Gasteiger partial charge is 0.485 e. The Balaban J connectivity index is 1.39. The van der Waals surface area contributed by atoms with Gasteiger partial charge in [0.1, 0.15) is 6.61 Å². The van der Waals surface area contributed by atoms with Crippen LogP contribution in [-0.4, -0.2) is 23.6 Å². The van der Waals surface area contributed by atoms with Crippen molar-refractivity contribution in [1.82, 2.24) is 10.3 Å². The first kappa shape index (κ1) is 15.7. The summed E-state index contributed by atoms with van der Waals surface area (Å²) in [5.41, 5.74) is 2.97. The molecular weight excluding hydrogens is 336 g/mol. The quantitative estimate of drug-likeness (QED) is 0.783. The third-order valence-electron chi connectivity index (χ3n) is 3.91. The lowest BCUT2D eigenvalue weighted by Crippen LogP contribution is -2.43. The molecule has 2 aromatic heterocycles. The molecule has 0 spiro atoms. The molecule has 6 heteroatoms. The van der Waals surface area contributed by atoms with Crippen LogP contribution in [0, 0.1) is 0 Å². The molecule has 0 fully saturated rings. The summed E-state index contributed by atoms with van der Waals surface area (Å²) in [6.45, 7) is 0.624. The minimum Gasteiger partial charge on any atom is -0.485 e. The summed E-state index contributed by atoms with van der Waals surface area (Å²) < 4.78 is 11.3. The van der Waals surface area contributed by atoms with Crippen molar-refractivity contribution in [2.75, 3.05) is 6.61 Å². The Labute approximate surface area is 149 Å². The van der Waals surface area contributed by atoms with Crippen molar-refractivity contribution in [3.63, 3.8) is 0 Å². The SMILES string of the molecule is O=C(NCc1ccnc(-c2ccsc2)c1)[C@@H]1COc2ccccc2O1. The summed E-state index contributed by atoms with van der Waals surface area (Å²) in [6.07, 6.45) is 1.11. The number of hydrogen-bond donors (Lipinski definition) is 1. The van der Waals surface area contributed by atoms with Crippen molar-refractivity contribution in [3.05, 3.63) is 65.0 Å². The Morgan fingerprint density at radius 3 is 2.96 bits per heavy atom. The minimum atomic E-state index is -0.645. The van der Waals surface area contributed by atoms with Crippen LogP contribution < -0.4 is 14.8 Å². The number of carbonyl (C=O) groups is 1. The molecule has 5 nitrogen and oxygen atoms in total. The van der Waals surface area contributed by atoms with Gasteiger partial charge in [-0.25, -0.2) is 0 Å². The van der Waals surface area contributed by atoms with E-state index in [1.54, 1.807) is 23.6 Å². The average molecular weight is 352 g/mol. The van der Waals surface area contributed by atoms with Gasteiger partial charge < -0.3 is 14.8 Å². The molecule has 3 heterocycles. The zero-order valence-corrected chi connectivity index (χ0v) is 14.2. The van der Waals surface area contributed by atoms with Crippen molar-refractivity contribution in [2.45, 2.75) is 12.6 Å². The van der Waals surface area contributed by atoms with Gasteiger partial charge in [0.25, 0.3) is 5.91 Å². The molecule has 0 saturated heterocycles. The Morgan fingerprint density at radius 2 is 2.12 bits per heavy atom. The summed E-state index contributed by atoms with van der Waals surface area (Å²) in [5, 5.41) is 6.97. The van der Waals surface area contributed by atoms with Crippen LogP contribution in [0.3, 0.4) is 0 Å². The Kier molecular flexibility index (Phi) is 4.35. The highest BCUT2D eigenvalue weighted by atomic mass is 32.1. The maximum Gasteiger partial charge on any atom is 0.264 e. The molecule has 1 amide bonds. The normalized spacial score (nSPS) is 15.6. The fraction of sp³-hybridized carbons (Fsp3) is 0.158. The van der Waals surface area contributed by atoms with Gasteiger partial charge in [-0.2, -0.15) is 11.3 Å². The summed E-state index contributed by atoms with van der Waals surface area (Å²) in [6, 6.07) is 13.2. The highest BCUT2D eigenvalue weighted by Crippen LogP contribution is 2.30. The van der Waals surface area contributed by atoms with Crippen LogP contribution in [0.15, 0.2) is 59.4 Å². The molecule has 0 radical (unpaired) electrons. The van der Waals surface area contributed by atoms with E-state index in [4.69, 9.17) is 9.47 Å². The lowest BCUT2D eigenvalue weighted by Gasteiger charge is -2.25. The van der Waals surface area contributed by atoms with E-state index in [1.807, 2.05) is 41.8 Å². The molecule has 25 heavy (non-hydrogen) atoms. The average Bonchev–Trinajstić information content (AvgIpc) is 3.21. The fourth-order valence-electron chi connectivity index (χ4n) is 2.60. The van der Waals surface area contributed by atoms with Crippen LogP contribution >= 0.6 is 11.3 Å². The van der Waals surface area contributed by atoms with Crippen molar-refractivity contribution in [3.8, 4) is 22.8 Å². The van der Waals surface area contributed by atoms with E-state index in [1.165, 1.54) is 0 Å². The number of benzene rings is 1. The second kappa shape index (κ2) is 6.94. The number of nitrogens with zero attached hydrogens (tertiary/aromatic N) is 1. The van der Waals surface area contributed by atoms with Gasteiger partial charge >= 0.3 is 0 Å². The molecule has 1 N–H and O–H groups in total. The van der Waals surface area contributed by atoms with Crippen molar-refractivity contribution >= 4 is 17.2 Å². The van der Waals surface area contributed by atoms with E-state index in [0.717, 1.165) is 16.8 Å². The van der Waals surface area contributed by atoms with Gasteiger partial charge in [-0.15, -0.1) is 0 Å². The maximum absolute atomic E-state index is 12.4. The van der Waals surface area contributed by atoms with Crippen molar-refractivity contribution in [2.24, 2.45) is 0 Å². The van der Waals surface area contributed by atoms with Crippen LogP contribution in [0.1, 0.15) is 5.56 Å². The van der Waals surface area contributed by atoms with Crippen LogP contribution in [0.4, 0.5) is 0 Å².